The summed E-state index contributed by atoms with van der Waals surface area (Å²) in [6.45, 7) is 4.11. The second-order valence-corrected chi connectivity index (χ2v) is 6.42. The number of nitrogens with one attached hydrogen (secondary N) is 1. The second-order valence-electron chi connectivity index (χ2n) is 6.42. The molecule has 0 bridgehead atoms. The highest BCUT2D eigenvalue weighted by molar-refractivity contribution is 14.0. The van der Waals surface area contributed by atoms with Gasteiger partial charge in [0.05, 0.1) is 6.33 Å². The van der Waals surface area contributed by atoms with E-state index < -0.39 is 0 Å². The number of rotatable bonds is 6. The molecule has 5 nitrogen and oxygen atoms in total. The third-order valence-electron chi connectivity index (χ3n) is 4.60. The number of halogens is 1. The summed E-state index contributed by atoms with van der Waals surface area (Å²) >= 11 is 0. The van der Waals surface area contributed by atoms with Crippen molar-refractivity contribution >= 4 is 29.9 Å². The van der Waals surface area contributed by atoms with Crippen LogP contribution in [0.25, 0.3) is 0 Å². The second kappa shape index (κ2) is 10.4. The maximum absolute atomic E-state index is 4.46. The zero-order valence-corrected chi connectivity index (χ0v) is 17.2. The van der Waals surface area contributed by atoms with Crippen molar-refractivity contribution in [2.75, 3.05) is 26.7 Å². The minimum Gasteiger partial charge on any atom is -0.356 e. The summed E-state index contributed by atoms with van der Waals surface area (Å²) in [5.74, 6) is 1.76. The molecule has 136 valence electrons. The van der Waals surface area contributed by atoms with E-state index in [0.29, 0.717) is 0 Å². The molecule has 1 fully saturated rings. The van der Waals surface area contributed by atoms with Crippen LogP contribution in [0.3, 0.4) is 0 Å². The lowest BCUT2D eigenvalue weighted by molar-refractivity contribution is 0.457. The molecule has 2 aromatic rings. The van der Waals surface area contributed by atoms with E-state index in [1.54, 1.807) is 0 Å². The molecule has 0 aliphatic carbocycles. The molecule has 1 unspecified atom stereocenters. The minimum absolute atomic E-state index is 0. The molecule has 25 heavy (non-hydrogen) atoms. The van der Waals surface area contributed by atoms with Crippen molar-refractivity contribution in [2.45, 2.75) is 25.8 Å². The van der Waals surface area contributed by atoms with Crippen molar-refractivity contribution in [3.8, 4) is 0 Å². The molecule has 6 heteroatoms. The molecule has 0 saturated carbocycles. The molecule has 0 amide bonds. The standard InChI is InChI=1S/C19H27N5.HI/c1-20-19(22-9-5-11-23-13-10-21-16-23)24-12-8-18(15-24)14-17-6-3-2-4-7-17;/h2-4,6-7,10,13,16,18H,5,8-9,11-12,14-15H2,1H3,(H,20,22);1H. The summed E-state index contributed by atoms with van der Waals surface area (Å²) in [5, 5.41) is 3.50. The number of aliphatic imine (C=N–C) groups is 1. The Labute approximate surface area is 167 Å². The Morgan fingerprint density at radius 1 is 1.32 bits per heavy atom. The number of hydrogen-bond acceptors (Lipinski definition) is 2. The monoisotopic (exact) mass is 453 g/mol. The molecule has 0 spiro atoms. The molecule has 3 rings (SSSR count). The molecule has 2 heterocycles. The fraction of sp³-hybridized carbons (Fsp3) is 0.474. The Bertz CT molecular complexity index is 627. The highest BCUT2D eigenvalue weighted by atomic mass is 127. The summed E-state index contributed by atoms with van der Waals surface area (Å²) < 4.78 is 2.11. The molecule has 1 atom stereocenters. The van der Waals surface area contributed by atoms with Gasteiger partial charge in [-0.05, 0) is 30.7 Å². The van der Waals surface area contributed by atoms with E-state index in [1.807, 2.05) is 25.8 Å². The van der Waals surface area contributed by atoms with Gasteiger partial charge in [0.2, 0.25) is 0 Å². The maximum atomic E-state index is 4.46. The van der Waals surface area contributed by atoms with Crippen LogP contribution in [0.15, 0.2) is 54.0 Å². The van der Waals surface area contributed by atoms with Gasteiger partial charge >= 0.3 is 0 Å². The molecule has 1 aliphatic heterocycles. The van der Waals surface area contributed by atoms with Crippen LogP contribution in [-0.2, 0) is 13.0 Å². The number of hydrogen-bond donors (Lipinski definition) is 1. The SMILES string of the molecule is CN=C(NCCCn1ccnc1)N1CCC(Cc2ccccc2)C1.I. The molecule has 1 aromatic carbocycles. The minimum atomic E-state index is 0. The van der Waals surface area contributed by atoms with Crippen LogP contribution in [0.2, 0.25) is 0 Å². The van der Waals surface area contributed by atoms with Gasteiger partial charge in [0.15, 0.2) is 5.96 Å². The number of nitrogens with zero attached hydrogens (tertiary/aromatic N) is 4. The van der Waals surface area contributed by atoms with Crippen LogP contribution >= 0.6 is 24.0 Å². The average Bonchev–Trinajstić information content (AvgIpc) is 3.28. The van der Waals surface area contributed by atoms with E-state index in [1.165, 1.54) is 12.0 Å². The van der Waals surface area contributed by atoms with Crippen LogP contribution in [0, 0.1) is 5.92 Å². The van der Waals surface area contributed by atoms with Gasteiger partial charge in [-0.2, -0.15) is 0 Å². The predicted octanol–water partition coefficient (Wildman–Crippen LogP) is 3.03. The van der Waals surface area contributed by atoms with Gasteiger partial charge in [-0.25, -0.2) is 4.98 Å². The summed E-state index contributed by atoms with van der Waals surface area (Å²) in [6, 6.07) is 10.8. The summed E-state index contributed by atoms with van der Waals surface area (Å²) in [6.07, 6.45) is 9.16. The van der Waals surface area contributed by atoms with Crippen molar-refractivity contribution in [3.63, 3.8) is 0 Å². The smallest absolute Gasteiger partial charge is 0.193 e. The average molecular weight is 453 g/mol. The van der Waals surface area contributed by atoms with Crippen LogP contribution in [0.1, 0.15) is 18.4 Å². The maximum Gasteiger partial charge on any atom is 0.193 e. The topological polar surface area (TPSA) is 45.5 Å². The first-order valence-corrected chi connectivity index (χ1v) is 8.80. The number of benzene rings is 1. The fourth-order valence-electron chi connectivity index (χ4n) is 3.35. The van der Waals surface area contributed by atoms with Gasteiger partial charge in [-0.1, -0.05) is 30.3 Å². The Morgan fingerprint density at radius 2 is 2.16 bits per heavy atom. The van der Waals surface area contributed by atoms with E-state index in [9.17, 15) is 0 Å². The zero-order valence-electron chi connectivity index (χ0n) is 14.8. The van der Waals surface area contributed by atoms with E-state index in [4.69, 9.17) is 0 Å². The van der Waals surface area contributed by atoms with Crippen LogP contribution in [0.4, 0.5) is 0 Å². The number of aryl methyl sites for hydroxylation is 1. The van der Waals surface area contributed by atoms with Crippen LogP contribution in [0.5, 0.6) is 0 Å². The highest BCUT2D eigenvalue weighted by Crippen LogP contribution is 2.20. The van der Waals surface area contributed by atoms with E-state index in [-0.39, 0.29) is 24.0 Å². The normalized spacial score (nSPS) is 17.4. The molecule has 1 aromatic heterocycles. The molecule has 0 radical (unpaired) electrons. The summed E-state index contributed by atoms with van der Waals surface area (Å²) in [5.41, 5.74) is 1.44. The third-order valence-corrected chi connectivity index (χ3v) is 4.60. The van der Waals surface area contributed by atoms with Crippen molar-refractivity contribution in [3.05, 3.63) is 54.6 Å². The number of likely N-dealkylation sites (tertiary alicyclic amines) is 1. The van der Waals surface area contributed by atoms with Gasteiger partial charge in [0.25, 0.3) is 0 Å². The summed E-state index contributed by atoms with van der Waals surface area (Å²) in [4.78, 5) is 10.9. The van der Waals surface area contributed by atoms with E-state index in [2.05, 4.69) is 55.1 Å². The Morgan fingerprint density at radius 3 is 2.88 bits per heavy atom. The molecule has 1 N–H and O–H groups in total. The van der Waals surface area contributed by atoms with Gasteiger partial charge in [0.1, 0.15) is 0 Å². The molecular weight excluding hydrogens is 425 g/mol. The lowest BCUT2D eigenvalue weighted by atomic mass is 9.99. The Kier molecular flexibility index (Phi) is 8.24. The zero-order chi connectivity index (χ0) is 16.6. The fourth-order valence-corrected chi connectivity index (χ4v) is 3.35. The quantitative estimate of drug-likeness (QED) is 0.317. The van der Waals surface area contributed by atoms with E-state index >= 15 is 0 Å². The first-order chi connectivity index (χ1) is 11.8. The number of aromatic nitrogens is 2. The highest BCUT2D eigenvalue weighted by Gasteiger charge is 2.24. The first-order valence-electron chi connectivity index (χ1n) is 8.80. The molecule has 1 aliphatic rings. The van der Waals surface area contributed by atoms with Gasteiger partial charge in [0, 0.05) is 45.6 Å². The van der Waals surface area contributed by atoms with Gasteiger partial charge in [-0.3, -0.25) is 4.99 Å². The van der Waals surface area contributed by atoms with Crippen molar-refractivity contribution in [2.24, 2.45) is 10.9 Å². The van der Waals surface area contributed by atoms with Gasteiger partial charge in [-0.15, -0.1) is 24.0 Å². The van der Waals surface area contributed by atoms with Crippen LogP contribution in [-0.4, -0.2) is 47.1 Å². The molecule has 1 saturated heterocycles. The third kappa shape index (κ3) is 6.02. The lowest BCUT2D eigenvalue weighted by Crippen LogP contribution is -2.40. The first kappa shape index (κ1) is 19.8. The Balaban J connectivity index is 0.00000225. The van der Waals surface area contributed by atoms with Crippen molar-refractivity contribution < 1.29 is 0 Å². The predicted molar refractivity (Wildman–Crippen MR) is 113 cm³/mol. The van der Waals surface area contributed by atoms with Gasteiger partial charge < -0.3 is 14.8 Å². The largest absolute Gasteiger partial charge is 0.356 e. The Hall–Kier alpha value is -1.57. The lowest BCUT2D eigenvalue weighted by Gasteiger charge is -2.21. The van der Waals surface area contributed by atoms with Crippen molar-refractivity contribution in [1.29, 1.82) is 0 Å². The molecular formula is C19H28IN5. The number of guanidine groups is 1. The van der Waals surface area contributed by atoms with Crippen molar-refractivity contribution in [1.82, 2.24) is 19.8 Å². The van der Waals surface area contributed by atoms with E-state index in [0.717, 1.165) is 50.9 Å². The number of imidazole rings is 1. The summed E-state index contributed by atoms with van der Waals surface area (Å²) in [7, 11) is 1.88. The van der Waals surface area contributed by atoms with Crippen LogP contribution < -0.4 is 5.32 Å².